The van der Waals surface area contributed by atoms with Crippen molar-refractivity contribution in [3.63, 3.8) is 0 Å². The van der Waals surface area contributed by atoms with E-state index in [1.807, 2.05) is 54.6 Å². The van der Waals surface area contributed by atoms with Crippen LogP contribution in [0.25, 0.3) is 0 Å². The third kappa shape index (κ3) is 6.25. The fraction of sp³-hybridized carbons (Fsp3) is 0.0909. The second kappa shape index (κ2) is 9.87. The Bertz CT molecular complexity index is 911. The molecule has 6 heteroatoms. The van der Waals surface area contributed by atoms with Gasteiger partial charge in [0.15, 0.2) is 6.61 Å². The summed E-state index contributed by atoms with van der Waals surface area (Å²) in [5.74, 6) is 0.380. The van der Waals surface area contributed by atoms with Crippen molar-refractivity contribution < 1.29 is 18.7 Å². The molecule has 0 aliphatic carbocycles. The van der Waals surface area contributed by atoms with E-state index in [0.717, 1.165) is 16.9 Å². The third-order valence-corrected chi connectivity index (χ3v) is 3.71. The average Bonchev–Trinajstić information content (AvgIpc) is 2.73. The van der Waals surface area contributed by atoms with Crippen LogP contribution in [0.4, 0.5) is 4.39 Å². The summed E-state index contributed by atoms with van der Waals surface area (Å²) in [6, 6.07) is 22.7. The number of hydrazone groups is 1. The van der Waals surface area contributed by atoms with Gasteiger partial charge in [0.1, 0.15) is 23.9 Å². The third-order valence-electron chi connectivity index (χ3n) is 3.71. The van der Waals surface area contributed by atoms with E-state index in [1.54, 1.807) is 0 Å². The van der Waals surface area contributed by atoms with Crippen LogP contribution in [0.15, 0.2) is 84.0 Å². The van der Waals surface area contributed by atoms with Crippen molar-refractivity contribution in [1.29, 1.82) is 0 Å². The van der Waals surface area contributed by atoms with Crippen LogP contribution in [0.3, 0.4) is 0 Å². The van der Waals surface area contributed by atoms with Gasteiger partial charge in [-0.15, -0.1) is 0 Å². The number of rotatable bonds is 8. The summed E-state index contributed by atoms with van der Waals surface area (Å²) in [5.41, 5.74) is 4.28. The van der Waals surface area contributed by atoms with Crippen molar-refractivity contribution >= 4 is 12.1 Å². The lowest BCUT2D eigenvalue weighted by atomic mass is 10.2. The Balaban J connectivity index is 1.41. The summed E-state index contributed by atoms with van der Waals surface area (Å²) in [6.45, 7) is 0.285. The van der Waals surface area contributed by atoms with Crippen LogP contribution in [0, 0.1) is 5.82 Å². The topological polar surface area (TPSA) is 59.9 Å². The van der Waals surface area contributed by atoms with Gasteiger partial charge in [0, 0.05) is 0 Å². The highest BCUT2D eigenvalue weighted by Crippen LogP contribution is 2.13. The number of amides is 1. The van der Waals surface area contributed by atoms with E-state index in [4.69, 9.17) is 9.47 Å². The molecule has 1 amide bonds. The lowest BCUT2D eigenvalue weighted by Crippen LogP contribution is -2.24. The molecule has 3 aromatic rings. The highest BCUT2D eigenvalue weighted by Gasteiger charge is 2.01. The van der Waals surface area contributed by atoms with Gasteiger partial charge < -0.3 is 9.47 Å². The predicted octanol–water partition coefficient (Wildman–Crippen LogP) is 3.93. The molecule has 0 aliphatic heterocycles. The monoisotopic (exact) mass is 378 g/mol. The van der Waals surface area contributed by atoms with Crippen LogP contribution in [-0.2, 0) is 11.4 Å². The zero-order valence-corrected chi connectivity index (χ0v) is 15.0. The van der Waals surface area contributed by atoms with Gasteiger partial charge in [-0.05, 0) is 59.7 Å². The first-order valence-corrected chi connectivity index (χ1v) is 8.66. The molecule has 5 nitrogen and oxygen atoms in total. The van der Waals surface area contributed by atoms with Crippen molar-refractivity contribution in [3.05, 3.63) is 95.8 Å². The van der Waals surface area contributed by atoms with Crippen molar-refractivity contribution in [2.45, 2.75) is 6.61 Å². The Morgan fingerprint density at radius 2 is 1.54 bits per heavy atom. The number of halogens is 1. The minimum absolute atomic E-state index is 0.213. The van der Waals surface area contributed by atoms with Crippen molar-refractivity contribution in [2.75, 3.05) is 6.61 Å². The summed E-state index contributed by atoms with van der Waals surface area (Å²) in [7, 11) is 0. The zero-order chi connectivity index (χ0) is 19.6. The van der Waals surface area contributed by atoms with Gasteiger partial charge in [0.2, 0.25) is 0 Å². The number of hydrogen-bond acceptors (Lipinski definition) is 4. The summed E-state index contributed by atoms with van der Waals surface area (Å²) in [5, 5.41) is 3.89. The Morgan fingerprint density at radius 1 is 0.893 bits per heavy atom. The molecule has 0 bridgehead atoms. The maximum absolute atomic E-state index is 12.8. The summed E-state index contributed by atoms with van der Waals surface area (Å²) < 4.78 is 23.7. The molecular formula is C22H19FN2O3. The number of carbonyl (C=O) groups excluding carboxylic acids is 1. The van der Waals surface area contributed by atoms with Crippen LogP contribution >= 0.6 is 0 Å². The molecule has 0 heterocycles. The van der Waals surface area contributed by atoms with Gasteiger partial charge >= 0.3 is 0 Å². The molecular weight excluding hydrogens is 359 g/mol. The Kier molecular flexibility index (Phi) is 6.73. The van der Waals surface area contributed by atoms with Gasteiger partial charge in [-0.25, -0.2) is 9.82 Å². The van der Waals surface area contributed by atoms with E-state index in [1.165, 1.54) is 30.5 Å². The maximum atomic E-state index is 12.8. The highest BCUT2D eigenvalue weighted by molar-refractivity contribution is 5.83. The second-order valence-corrected chi connectivity index (χ2v) is 5.88. The molecule has 0 radical (unpaired) electrons. The quantitative estimate of drug-likeness (QED) is 0.477. The van der Waals surface area contributed by atoms with Crippen molar-refractivity contribution in [3.8, 4) is 11.5 Å². The molecule has 1 N–H and O–H groups in total. The van der Waals surface area contributed by atoms with Gasteiger partial charge in [0.25, 0.3) is 5.91 Å². The Labute approximate surface area is 162 Å². The molecule has 0 saturated carbocycles. The number of ether oxygens (including phenoxy) is 2. The molecule has 3 aromatic carbocycles. The molecule has 0 aliphatic rings. The SMILES string of the molecule is O=C(COc1ccc(F)cc1)N/N=C/c1ccc(OCc2ccccc2)cc1. The van der Waals surface area contributed by atoms with Crippen LogP contribution in [-0.4, -0.2) is 18.7 Å². The smallest absolute Gasteiger partial charge is 0.277 e. The van der Waals surface area contributed by atoms with Gasteiger partial charge in [-0.2, -0.15) is 5.10 Å². The maximum Gasteiger partial charge on any atom is 0.277 e. The van der Waals surface area contributed by atoms with Crippen LogP contribution < -0.4 is 14.9 Å². The van der Waals surface area contributed by atoms with Crippen molar-refractivity contribution in [2.24, 2.45) is 5.10 Å². The molecule has 3 rings (SSSR count). The first kappa shape index (κ1) is 19.1. The minimum atomic E-state index is -0.414. The van der Waals surface area contributed by atoms with Gasteiger partial charge in [0.05, 0.1) is 6.21 Å². The number of carbonyl (C=O) groups is 1. The van der Waals surface area contributed by atoms with Crippen LogP contribution in [0.2, 0.25) is 0 Å². The first-order chi connectivity index (χ1) is 13.7. The van der Waals surface area contributed by atoms with Crippen LogP contribution in [0.1, 0.15) is 11.1 Å². The van der Waals surface area contributed by atoms with E-state index >= 15 is 0 Å². The molecule has 28 heavy (non-hydrogen) atoms. The summed E-state index contributed by atoms with van der Waals surface area (Å²) in [4.78, 5) is 11.7. The lowest BCUT2D eigenvalue weighted by Gasteiger charge is -2.06. The molecule has 0 fully saturated rings. The fourth-order valence-corrected chi connectivity index (χ4v) is 2.28. The second-order valence-electron chi connectivity index (χ2n) is 5.88. The van der Waals surface area contributed by atoms with E-state index in [9.17, 15) is 9.18 Å². The fourth-order valence-electron chi connectivity index (χ4n) is 2.28. The van der Waals surface area contributed by atoms with Crippen molar-refractivity contribution in [1.82, 2.24) is 5.43 Å². The Morgan fingerprint density at radius 3 is 2.25 bits per heavy atom. The largest absolute Gasteiger partial charge is 0.489 e. The predicted molar refractivity (Wildman–Crippen MR) is 105 cm³/mol. The molecule has 0 spiro atoms. The molecule has 142 valence electrons. The standard InChI is InChI=1S/C22H19FN2O3/c23-19-8-12-21(13-9-19)28-16-22(26)25-24-14-17-6-10-20(11-7-17)27-15-18-4-2-1-3-5-18/h1-14H,15-16H2,(H,25,26)/b24-14+. The molecule has 0 unspecified atom stereocenters. The normalized spacial score (nSPS) is 10.6. The number of nitrogens with zero attached hydrogens (tertiary/aromatic N) is 1. The van der Waals surface area contributed by atoms with Gasteiger partial charge in [-0.1, -0.05) is 30.3 Å². The minimum Gasteiger partial charge on any atom is -0.489 e. The molecule has 0 atom stereocenters. The number of benzene rings is 3. The first-order valence-electron chi connectivity index (χ1n) is 8.66. The van der Waals surface area contributed by atoms with E-state index < -0.39 is 5.91 Å². The number of hydrogen-bond donors (Lipinski definition) is 1. The van der Waals surface area contributed by atoms with Crippen LogP contribution in [0.5, 0.6) is 11.5 Å². The molecule has 0 saturated heterocycles. The summed E-state index contributed by atoms with van der Waals surface area (Å²) in [6.07, 6.45) is 1.52. The average molecular weight is 378 g/mol. The zero-order valence-electron chi connectivity index (χ0n) is 15.0. The highest BCUT2D eigenvalue weighted by atomic mass is 19.1. The Hall–Kier alpha value is -3.67. The van der Waals surface area contributed by atoms with E-state index in [2.05, 4.69) is 10.5 Å². The summed E-state index contributed by atoms with van der Waals surface area (Å²) >= 11 is 0. The van der Waals surface area contributed by atoms with E-state index in [-0.39, 0.29) is 12.4 Å². The lowest BCUT2D eigenvalue weighted by molar-refractivity contribution is -0.123. The van der Waals surface area contributed by atoms with Gasteiger partial charge in [-0.3, -0.25) is 4.79 Å². The van der Waals surface area contributed by atoms with E-state index in [0.29, 0.717) is 12.4 Å². The molecule has 0 aromatic heterocycles. The number of nitrogens with one attached hydrogen (secondary N) is 1.